The number of nitrogens with zero attached hydrogens (tertiary/aromatic N) is 1. The van der Waals surface area contributed by atoms with Crippen LogP contribution in [0, 0.1) is 0 Å². The van der Waals surface area contributed by atoms with Gasteiger partial charge in [0.05, 0.1) is 0 Å². The summed E-state index contributed by atoms with van der Waals surface area (Å²) in [5.74, 6) is 0. The van der Waals surface area contributed by atoms with E-state index in [9.17, 15) is 0 Å². The Bertz CT molecular complexity index is 365. The summed E-state index contributed by atoms with van der Waals surface area (Å²) >= 11 is 0. The van der Waals surface area contributed by atoms with Gasteiger partial charge in [-0.3, -0.25) is 0 Å². The van der Waals surface area contributed by atoms with Gasteiger partial charge in [-0.05, 0) is 27.7 Å². The van der Waals surface area contributed by atoms with E-state index in [4.69, 9.17) is 0 Å². The van der Waals surface area contributed by atoms with Gasteiger partial charge >= 0.3 is 0 Å². The third-order valence-electron chi connectivity index (χ3n) is 3.17. The molecule has 0 unspecified atom stereocenters. The van der Waals surface area contributed by atoms with Crippen LogP contribution in [0.4, 0.5) is 5.69 Å². The van der Waals surface area contributed by atoms with Crippen molar-refractivity contribution in [3.8, 4) is 0 Å². The van der Waals surface area contributed by atoms with Crippen LogP contribution < -0.4 is 10.2 Å². The molecular weight excluding hydrogens is 237 g/mol. The summed E-state index contributed by atoms with van der Waals surface area (Å²) in [6.07, 6.45) is 0. The van der Waals surface area contributed by atoms with E-state index < -0.39 is 7.92 Å². The molecule has 0 aromatic heterocycles. The third-order valence-corrected chi connectivity index (χ3v) is 7.08. The quantitative estimate of drug-likeness (QED) is 0.726. The Hall–Kier alpha value is -0.550. The average Bonchev–Trinajstić information content (AvgIpc) is 2.13. The van der Waals surface area contributed by atoms with Crippen LogP contribution in [-0.4, -0.2) is 24.4 Å². The number of benzene rings is 1. The monoisotopic (exact) mass is 266 g/mol. The first-order chi connectivity index (χ1) is 8.03. The molecule has 0 N–H and O–H groups in total. The van der Waals surface area contributed by atoms with Crippen LogP contribution >= 0.6 is 7.92 Å². The van der Waals surface area contributed by atoms with Gasteiger partial charge in [0, 0.05) is 19.8 Å². The van der Waals surface area contributed by atoms with Crippen LogP contribution in [0.3, 0.4) is 0 Å². The Labute approximate surface area is 114 Å². The van der Waals surface area contributed by atoms with Crippen molar-refractivity contribution in [1.82, 2.24) is 0 Å². The van der Waals surface area contributed by atoms with Gasteiger partial charge in [-0.25, -0.2) is 0 Å². The van der Waals surface area contributed by atoms with Crippen molar-refractivity contribution >= 4 is 18.9 Å². The van der Waals surface area contributed by atoms with Crippen molar-refractivity contribution in [2.24, 2.45) is 0 Å². The topological polar surface area (TPSA) is 3.24 Å². The zero-order chi connectivity index (χ0) is 14.1. The van der Waals surface area contributed by atoms with Crippen LogP contribution in [0.5, 0.6) is 0 Å². The summed E-state index contributed by atoms with van der Waals surface area (Å²) in [6, 6.07) is 9.16. The highest BCUT2D eigenvalue weighted by Gasteiger charge is 2.34. The second-order valence-corrected chi connectivity index (χ2v) is 11.6. The molecule has 0 aliphatic heterocycles. The van der Waals surface area contributed by atoms with Gasteiger partial charge in [0.2, 0.25) is 0 Å². The molecule has 1 radical (unpaired) electrons. The molecular formula is C16H29NP. The molecule has 1 aromatic carbocycles. The number of hydrogen-bond acceptors (Lipinski definition) is 1. The summed E-state index contributed by atoms with van der Waals surface area (Å²) < 4.78 is 0. The van der Waals surface area contributed by atoms with Crippen LogP contribution in [-0.2, 0) is 0 Å². The van der Waals surface area contributed by atoms with Crippen molar-refractivity contribution < 1.29 is 0 Å². The largest absolute Gasteiger partial charge is 0.378 e. The number of anilines is 1. The third kappa shape index (κ3) is 3.72. The molecule has 0 amide bonds. The summed E-state index contributed by atoms with van der Waals surface area (Å²) in [5, 5.41) is 2.30. The van der Waals surface area contributed by atoms with Crippen LogP contribution in [0.2, 0.25) is 0 Å². The van der Waals surface area contributed by atoms with E-state index in [1.807, 2.05) is 0 Å². The molecule has 2 heteroatoms. The molecule has 0 saturated heterocycles. The maximum atomic E-state index is 2.38. The fourth-order valence-corrected chi connectivity index (χ4v) is 7.40. The molecule has 0 heterocycles. The number of hydrogen-bond donors (Lipinski definition) is 0. The molecule has 0 bridgehead atoms. The minimum Gasteiger partial charge on any atom is -0.378 e. The van der Waals surface area contributed by atoms with Crippen molar-refractivity contribution in [2.75, 3.05) is 19.0 Å². The second-order valence-electron chi connectivity index (χ2n) is 7.32. The van der Waals surface area contributed by atoms with E-state index in [1.54, 1.807) is 5.30 Å². The van der Waals surface area contributed by atoms with Crippen LogP contribution in [0.15, 0.2) is 24.3 Å². The highest BCUT2D eigenvalue weighted by Crippen LogP contribution is 2.58. The van der Waals surface area contributed by atoms with Crippen LogP contribution in [0.25, 0.3) is 0 Å². The van der Waals surface area contributed by atoms with E-state index in [-0.39, 0.29) is 0 Å². The van der Waals surface area contributed by atoms with E-state index >= 15 is 0 Å². The fraction of sp³-hybridized carbons (Fsp3) is 0.625. The molecule has 1 rings (SSSR count). The molecule has 1 nitrogen and oxygen atoms in total. The Morgan fingerprint density at radius 3 is 1.44 bits per heavy atom. The Balaban J connectivity index is 3.16. The van der Waals surface area contributed by atoms with Gasteiger partial charge in [0.15, 0.2) is 0 Å². The molecule has 0 aliphatic carbocycles. The van der Waals surface area contributed by atoms with E-state index in [2.05, 4.69) is 84.8 Å². The van der Waals surface area contributed by atoms with Crippen molar-refractivity contribution in [3.05, 3.63) is 24.3 Å². The normalized spacial score (nSPS) is 12.9. The van der Waals surface area contributed by atoms with E-state index in [0.29, 0.717) is 10.3 Å². The highest BCUT2D eigenvalue weighted by atomic mass is 31.1. The summed E-state index contributed by atoms with van der Waals surface area (Å²) in [6.45, 7) is 14.3. The molecule has 1 aromatic rings. The van der Waals surface area contributed by atoms with E-state index in [0.717, 1.165) is 0 Å². The minimum absolute atomic E-state index is 0.378. The summed E-state index contributed by atoms with van der Waals surface area (Å²) in [4.78, 5) is 2.16. The highest BCUT2D eigenvalue weighted by molar-refractivity contribution is 7.68. The van der Waals surface area contributed by atoms with Crippen molar-refractivity contribution in [1.29, 1.82) is 0 Å². The molecule has 0 spiro atoms. The van der Waals surface area contributed by atoms with Gasteiger partial charge in [-0.1, -0.05) is 61.6 Å². The first kappa shape index (κ1) is 15.5. The van der Waals surface area contributed by atoms with Crippen LogP contribution in [0.1, 0.15) is 41.5 Å². The van der Waals surface area contributed by atoms with Gasteiger partial charge in [0.1, 0.15) is 0 Å². The molecule has 0 fully saturated rings. The first-order valence-electron chi connectivity index (χ1n) is 6.69. The Kier molecular flexibility index (Phi) is 4.49. The standard InChI is InChI=1S/C16H29NP/c1-15(2,3)18(16(4,5)6)14-11-9-13(10-12-14)17(7)8/h9-12,18H,1-8H3. The van der Waals surface area contributed by atoms with Crippen molar-refractivity contribution in [2.45, 2.75) is 51.9 Å². The predicted octanol–water partition coefficient (Wildman–Crippen LogP) is 4.19. The Morgan fingerprint density at radius 2 is 1.17 bits per heavy atom. The Morgan fingerprint density at radius 1 is 0.778 bits per heavy atom. The number of rotatable bonds is 2. The molecule has 18 heavy (non-hydrogen) atoms. The average molecular weight is 266 g/mol. The lowest BCUT2D eigenvalue weighted by Gasteiger charge is -2.43. The minimum atomic E-state index is -0.614. The maximum absolute atomic E-state index is 2.38. The molecule has 103 valence electrons. The van der Waals surface area contributed by atoms with Gasteiger partial charge in [0.25, 0.3) is 0 Å². The molecule has 0 atom stereocenters. The zero-order valence-corrected chi connectivity index (χ0v) is 14.3. The van der Waals surface area contributed by atoms with Crippen molar-refractivity contribution in [3.63, 3.8) is 0 Å². The fourth-order valence-electron chi connectivity index (χ4n) is 2.92. The summed E-state index contributed by atoms with van der Waals surface area (Å²) in [7, 11) is 3.57. The molecule has 0 saturated carbocycles. The van der Waals surface area contributed by atoms with E-state index in [1.165, 1.54) is 5.69 Å². The van der Waals surface area contributed by atoms with Gasteiger partial charge < -0.3 is 4.90 Å². The lowest BCUT2D eigenvalue weighted by Crippen LogP contribution is -2.31. The lowest BCUT2D eigenvalue weighted by atomic mass is 10.2. The van der Waals surface area contributed by atoms with Gasteiger partial charge in [-0.15, -0.1) is 0 Å². The SMILES string of the molecule is CN(C)c1ccc([PH](C(C)(C)C)C(C)(C)C)cc1. The smallest absolute Gasteiger partial charge is 0.0361 e. The second kappa shape index (κ2) is 5.21. The molecule has 0 aliphatic rings. The first-order valence-corrected chi connectivity index (χ1v) is 8.19. The zero-order valence-electron chi connectivity index (χ0n) is 13.3. The predicted molar refractivity (Wildman–Crippen MR) is 88.2 cm³/mol. The van der Waals surface area contributed by atoms with Gasteiger partial charge in [-0.2, -0.15) is 0 Å². The lowest BCUT2D eigenvalue weighted by molar-refractivity contribution is 0.715. The summed E-state index contributed by atoms with van der Waals surface area (Å²) in [5.41, 5.74) is 1.28. The maximum Gasteiger partial charge on any atom is 0.0361 e.